The molecular formula is C27H23FN8OS. The fourth-order valence-electron chi connectivity index (χ4n) is 4.31. The molecule has 0 fully saturated rings. The van der Waals surface area contributed by atoms with Crippen molar-refractivity contribution in [3.63, 3.8) is 0 Å². The first-order chi connectivity index (χ1) is 18.3. The molecular weight excluding hydrogens is 503 g/mol. The molecule has 0 aliphatic heterocycles. The monoisotopic (exact) mass is 526 g/mol. The van der Waals surface area contributed by atoms with Gasteiger partial charge in [0.1, 0.15) is 22.7 Å². The van der Waals surface area contributed by atoms with Gasteiger partial charge in [-0.3, -0.25) is 19.9 Å². The first-order valence-corrected chi connectivity index (χ1v) is 12.8. The number of aromatic nitrogens is 7. The molecule has 11 heteroatoms. The van der Waals surface area contributed by atoms with Crippen molar-refractivity contribution in [2.45, 2.75) is 27.2 Å². The SMILES string of the molecule is CC(C)(C)CC(=O)Nc1cncc(-c2cnc3[nH]nc(-c4nc5c(-c6cccs6)nccc5[nH]4)c3c2F)c1. The molecule has 0 spiro atoms. The number of carbonyl (C=O) groups is 1. The lowest BCUT2D eigenvalue weighted by Gasteiger charge is -2.17. The molecule has 0 aliphatic rings. The van der Waals surface area contributed by atoms with Crippen LogP contribution in [0.25, 0.3) is 55.3 Å². The van der Waals surface area contributed by atoms with Gasteiger partial charge in [0.05, 0.1) is 27.7 Å². The third-order valence-corrected chi connectivity index (χ3v) is 6.81. The van der Waals surface area contributed by atoms with Gasteiger partial charge in [-0.25, -0.2) is 14.4 Å². The molecule has 0 bridgehead atoms. The lowest BCUT2D eigenvalue weighted by molar-refractivity contribution is -0.117. The van der Waals surface area contributed by atoms with Gasteiger partial charge in [-0.15, -0.1) is 11.3 Å². The number of hydrogen-bond donors (Lipinski definition) is 3. The minimum Gasteiger partial charge on any atom is -0.336 e. The Morgan fingerprint density at radius 1 is 1.13 bits per heavy atom. The van der Waals surface area contributed by atoms with Crippen LogP contribution in [0.1, 0.15) is 27.2 Å². The topological polar surface area (TPSA) is 125 Å². The van der Waals surface area contributed by atoms with Crippen LogP contribution >= 0.6 is 11.3 Å². The predicted octanol–water partition coefficient (Wildman–Crippen LogP) is 6.20. The molecule has 6 heterocycles. The summed E-state index contributed by atoms with van der Waals surface area (Å²) in [4.78, 5) is 34.5. The number of halogens is 1. The number of carbonyl (C=O) groups excluding carboxylic acids is 1. The second kappa shape index (κ2) is 9.10. The van der Waals surface area contributed by atoms with Crippen LogP contribution in [-0.4, -0.2) is 41.0 Å². The van der Waals surface area contributed by atoms with Crippen molar-refractivity contribution in [2.24, 2.45) is 5.41 Å². The molecule has 38 heavy (non-hydrogen) atoms. The number of rotatable bonds is 5. The molecule has 0 aromatic carbocycles. The summed E-state index contributed by atoms with van der Waals surface area (Å²) < 4.78 is 16.0. The summed E-state index contributed by atoms with van der Waals surface area (Å²) in [6.45, 7) is 5.96. The van der Waals surface area contributed by atoms with E-state index in [-0.39, 0.29) is 22.3 Å². The zero-order valence-corrected chi connectivity index (χ0v) is 21.7. The van der Waals surface area contributed by atoms with E-state index >= 15 is 4.39 Å². The third kappa shape index (κ3) is 4.41. The second-order valence-corrected chi connectivity index (χ2v) is 11.1. The van der Waals surface area contributed by atoms with Crippen LogP contribution < -0.4 is 5.32 Å². The number of amides is 1. The van der Waals surface area contributed by atoms with Gasteiger partial charge in [-0.1, -0.05) is 26.8 Å². The van der Waals surface area contributed by atoms with Gasteiger partial charge in [-0.2, -0.15) is 5.10 Å². The maximum absolute atomic E-state index is 16.0. The maximum Gasteiger partial charge on any atom is 0.224 e. The maximum atomic E-state index is 16.0. The summed E-state index contributed by atoms with van der Waals surface area (Å²) in [7, 11) is 0. The molecule has 0 saturated carbocycles. The Kier molecular flexibility index (Phi) is 5.72. The standard InChI is InChI=1S/C27H23FN8OS/c1-27(2,3)10-19(37)32-15-9-14(11-29-12-15)16-13-31-25-20(21(16)28)24(35-36-25)26-33-17-6-7-30-23(22(17)34-26)18-5-4-8-38-18/h4-9,11-13H,10H2,1-3H3,(H,32,37)(H,33,34)(H,31,35,36). The van der Waals surface area contributed by atoms with Crippen LogP contribution in [0.15, 0.2) is 54.4 Å². The van der Waals surface area contributed by atoms with E-state index in [0.29, 0.717) is 40.4 Å². The Balaban J connectivity index is 1.40. The lowest BCUT2D eigenvalue weighted by atomic mass is 9.92. The zero-order chi connectivity index (χ0) is 26.4. The molecule has 0 radical (unpaired) electrons. The highest BCUT2D eigenvalue weighted by Crippen LogP contribution is 2.35. The van der Waals surface area contributed by atoms with Crippen LogP contribution in [0.2, 0.25) is 0 Å². The number of imidazole rings is 1. The Morgan fingerprint density at radius 2 is 2.00 bits per heavy atom. The van der Waals surface area contributed by atoms with Crippen LogP contribution in [0, 0.1) is 11.2 Å². The lowest BCUT2D eigenvalue weighted by Crippen LogP contribution is -2.19. The molecule has 0 aliphatic carbocycles. The summed E-state index contributed by atoms with van der Waals surface area (Å²) in [6.07, 6.45) is 6.55. The average molecular weight is 527 g/mol. The number of thiophene rings is 1. The summed E-state index contributed by atoms with van der Waals surface area (Å²) in [5.41, 5.74) is 3.82. The third-order valence-electron chi connectivity index (χ3n) is 5.93. The Labute approximate surface area is 220 Å². The number of fused-ring (bicyclic) bond motifs is 2. The van der Waals surface area contributed by atoms with Crippen molar-refractivity contribution in [3.8, 4) is 33.2 Å². The van der Waals surface area contributed by atoms with E-state index < -0.39 is 5.82 Å². The van der Waals surface area contributed by atoms with Gasteiger partial charge in [0, 0.05) is 36.1 Å². The van der Waals surface area contributed by atoms with Gasteiger partial charge in [-0.05, 0) is 29.0 Å². The minimum absolute atomic E-state index is 0.135. The quantitative estimate of drug-likeness (QED) is 0.246. The molecule has 0 unspecified atom stereocenters. The van der Waals surface area contributed by atoms with E-state index in [2.05, 4.69) is 35.5 Å². The molecule has 6 rings (SSSR count). The van der Waals surface area contributed by atoms with E-state index in [9.17, 15) is 4.79 Å². The number of pyridine rings is 3. The predicted molar refractivity (Wildman–Crippen MR) is 146 cm³/mol. The van der Waals surface area contributed by atoms with Crippen LogP contribution in [-0.2, 0) is 4.79 Å². The normalized spacial score (nSPS) is 11.9. The van der Waals surface area contributed by atoms with Crippen LogP contribution in [0.4, 0.5) is 10.1 Å². The van der Waals surface area contributed by atoms with E-state index in [4.69, 9.17) is 4.98 Å². The Bertz CT molecular complexity index is 1800. The van der Waals surface area contributed by atoms with E-state index in [1.165, 1.54) is 18.6 Å². The van der Waals surface area contributed by atoms with Crippen molar-refractivity contribution >= 4 is 45.0 Å². The van der Waals surface area contributed by atoms with Crippen molar-refractivity contribution in [2.75, 3.05) is 5.32 Å². The largest absolute Gasteiger partial charge is 0.336 e. The Hall–Kier alpha value is -4.51. The molecule has 6 aromatic rings. The smallest absolute Gasteiger partial charge is 0.224 e. The molecule has 6 aromatic heterocycles. The second-order valence-electron chi connectivity index (χ2n) is 10.1. The zero-order valence-electron chi connectivity index (χ0n) is 20.8. The van der Waals surface area contributed by atoms with Crippen molar-refractivity contribution in [3.05, 3.63) is 60.3 Å². The highest BCUT2D eigenvalue weighted by molar-refractivity contribution is 7.13. The molecule has 1 amide bonds. The van der Waals surface area contributed by atoms with Crippen molar-refractivity contribution in [1.82, 2.24) is 35.1 Å². The number of anilines is 1. The van der Waals surface area contributed by atoms with Crippen molar-refractivity contribution < 1.29 is 9.18 Å². The fourth-order valence-corrected chi connectivity index (χ4v) is 5.03. The number of hydrogen-bond acceptors (Lipinski definition) is 7. The van der Waals surface area contributed by atoms with E-state index in [1.54, 1.807) is 23.6 Å². The highest BCUT2D eigenvalue weighted by Gasteiger charge is 2.22. The summed E-state index contributed by atoms with van der Waals surface area (Å²) in [6, 6.07) is 7.44. The number of aromatic amines is 2. The molecule has 190 valence electrons. The summed E-state index contributed by atoms with van der Waals surface area (Å²) >= 11 is 1.57. The van der Waals surface area contributed by atoms with Gasteiger partial charge in [0.25, 0.3) is 0 Å². The number of nitrogens with zero attached hydrogens (tertiary/aromatic N) is 5. The minimum atomic E-state index is -0.518. The average Bonchev–Trinajstić information content (AvgIpc) is 3.62. The molecule has 3 N–H and O–H groups in total. The van der Waals surface area contributed by atoms with Gasteiger partial charge >= 0.3 is 0 Å². The summed E-state index contributed by atoms with van der Waals surface area (Å²) in [5.74, 6) is -0.254. The number of nitrogens with one attached hydrogen (secondary N) is 3. The number of H-pyrrole nitrogens is 2. The van der Waals surface area contributed by atoms with Crippen LogP contribution in [0.5, 0.6) is 0 Å². The summed E-state index contributed by atoms with van der Waals surface area (Å²) in [5, 5.41) is 12.2. The van der Waals surface area contributed by atoms with E-state index in [0.717, 1.165) is 16.1 Å². The highest BCUT2D eigenvalue weighted by atomic mass is 32.1. The molecule has 0 saturated heterocycles. The Morgan fingerprint density at radius 3 is 2.79 bits per heavy atom. The van der Waals surface area contributed by atoms with Crippen molar-refractivity contribution in [1.29, 1.82) is 0 Å². The molecule has 9 nitrogen and oxygen atoms in total. The van der Waals surface area contributed by atoms with Crippen LogP contribution in [0.3, 0.4) is 0 Å². The first kappa shape index (κ1) is 23.9. The van der Waals surface area contributed by atoms with Gasteiger partial charge in [0.2, 0.25) is 5.91 Å². The first-order valence-electron chi connectivity index (χ1n) is 11.9. The van der Waals surface area contributed by atoms with Gasteiger partial charge in [0.15, 0.2) is 11.5 Å². The van der Waals surface area contributed by atoms with E-state index in [1.807, 2.05) is 44.4 Å². The molecule has 0 atom stereocenters. The fraction of sp³-hybridized carbons (Fsp3) is 0.185. The van der Waals surface area contributed by atoms with Gasteiger partial charge < -0.3 is 10.3 Å².